The van der Waals surface area contributed by atoms with Crippen LogP contribution in [0, 0.1) is 0 Å². The minimum atomic E-state index is 0.191. The second-order valence-corrected chi connectivity index (χ2v) is 6.95. The maximum Gasteiger partial charge on any atom is 0.0487 e. The normalized spacial score (nSPS) is 16.0. The zero-order chi connectivity index (χ0) is 12.8. The van der Waals surface area contributed by atoms with Gasteiger partial charge in [-0.1, -0.05) is 20.8 Å². The molecule has 0 bridgehead atoms. The highest BCUT2D eigenvalue weighted by Gasteiger charge is 2.41. The van der Waals surface area contributed by atoms with Gasteiger partial charge in [0.05, 0.1) is 0 Å². The molecule has 0 spiro atoms. The Morgan fingerprint density at radius 1 is 1.00 bits per heavy atom. The first-order valence-corrected chi connectivity index (χ1v) is 8.35. The summed E-state index contributed by atoms with van der Waals surface area (Å²) in [6, 6.07) is 4.66. The van der Waals surface area contributed by atoms with Crippen LogP contribution in [0.3, 0.4) is 0 Å². The lowest BCUT2D eigenvalue weighted by atomic mass is 9.81. The summed E-state index contributed by atoms with van der Waals surface area (Å²) in [7, 11) is 0. The predicted molar refractivity (Wildman–Crippen MR) is 81.9 cm³/mol. The molecule has 0 saturated heterocycles. The van der Waals surface area contributed by atoms with Crippen molar-refractivity contribution in [2.75, 3.05) is 19.6 Å². The average molecular weight is 277 g/mol. The number of fused-ring (bicyclic) bond motifs is 3. The van der Waals surface area contributed by atoms with Crippen molar-refractivity contribution in [2.45, 2.75) is 26.2 Å². The molecule has 96 valence electrons. The highest BCUT2D eigenvalue weighted by Crippen LogP contribution is 2.53. The fourth-order valence-corrected chi connectivity index (χ4v) is 5.29. The molecule has 18 heavy (non-hydrogen) atoms. The number of rotatable bonds is 4. The molecule has 1 aliphatic rings. The van der Waals surface area contributed by atoms with Gasteiger partial charge in [0.25, 0.3) is 0 Å². The van der Waals surface area contributed by atoms with Gasteiger partial charge in [-0.3, -0.25) is 0 Å². The number of thiophene rings is 2. The van der Waals surface area contributed by atoms with Crippen molar-refractivity contribution >= 4 is 22.7 Å². The molecular formula is C15H19NS2. The standard InChI is InChI=1S/C15H19NS2/c1-4-16(5-2)10-15(3)11-6-8-17-13(11)14-12(15)7-9-18-14/h6-9H,4-5,10H2,1-3H3. The van der Waals surface area contributed by atoms with Gasteiger partial charge in [-0.05, 0) is 47.1 Å². The van der Waals surface area contributed by atoms with Crippen LogP contribution in [0.4, 0.5) is 0 Å². The van der Waals surface area contributed by atoms with Gasteiger partial charge in [-0.2, -0.15) is 0 Å². The van der Waals surface area contributed by atoms with E-state index in [1.165, 1.54) is 9.75 Å². The van der Waals surface area contributed by atoms with Crippen LogP contribution in [0.1, 0.15) is 31.9 Å². The van der Waals surface area contributed by atoms with Crippen molar-refractivity contribution < 1.29 is 0 Å². The summed E-state index contributed by atoms with van der Waals surface area (Å²) < 4.78 is 0. The number of likely N-dealkylation sites (N-methyl/N-ethyl adjacent to an activating group) is 1. The molecule has 0 saturated carbocycles. The van der Waals surface area contributed by atoms with Crippen LogP contribution in [0.5, 0.6) is 0 Å². The van der Waals surface area contributed by atoms with E-state index in [4.69, 9.17) is 0 Å². The molecule has 2 aromatic rings. The van der Waals surface area contributed by atoms with Crippen LogP contribution < -0.4 is 0 Å². The molecule has 2 aromatic heterocycles. The minimum Gasteiger partial charge on any atom is -0.303 e. The predicted octanol–water partition coefficient (Wildman–Crippen LogP) is 4.44. The number of hydrogen-bond acceptors (Lipinski definition) is 3. The Kier molecular flexibility index (Phi) is 3.08. The third kappa shape index (κ3) is 1.61. The Bertz CT molecular complexity index is 508. The SMILES string of the molecule is CCN(CC)CC1(C)c2ccsc2-c2sccc21. The molecule has 0 amide bonds. The lowest BCUT2D eigenvalue weighted by Crippen LogP contribution is -2.38. The fourth-order valence-electron chi connectivity index (χ4n) is 3.05. The minimum absolute atomic E-state index is 0.191. The third-order valence-electron chi connectivity index (χ3n) is 4.16. The second kappa shape index (κ2) is 4.48. The van der Waals surface area contributed by atoms with E-state index in [9.17, 15) is 0 Å². The zero-order valence-corrected chi connectivity index (χ0v) is 12.8. The average Bonchev–Trinajstić information content (AvgIpc) is 3.04. The molecule has 0 aliphatic heterocycles. The zero-order valence-electron chi connectivity index (χ0n) is 11.2. The first-order chi connectivity index (χ1) is 8.70. The maximum absolute atomic E-state index is 2.54. The summed E-state index contributed by atoms with van der Waals surface area (Å²) in [5, 5.41) is 4.49. The highest BCUT2D eigenvalue weighted by atomic mass is 32.1. The first-order valence-electron chi connectivity index (χ1n) is 6.59. The smallest absolute Gasteiger partial charge is 0.0487 e. The maximum atomic E-state index is 2.54. The molecule has 3 rings (SSSR count). The molecule has 1 nitrogen and oxygen atoms in total. The van der Waals surface area contributed by atoms with E-state index in [-0.39, 0.29) is 5.41 Å². The van der Waals surface area contributed by atoms with E-state index in [1.807, 2.05) is 22.7 Å². The molecule has 3 heteroatoms. The van der Waals surface area contributed by atoms with Crippen LogP contribution in [0.25, 0.3) is 9.75 Å². The molecular weight excluding hydrogens is 258 g/mol. The van der Waals surface area contributed by atoms with E-state index in [1.54, 1.807) is 11.1 Å². The van der Waals surface area contributed by atoms with Gasteiger partial charge in [0.2, 0.25) is 0 Å². The Hall–Kier alpha value is -0.640. The van der Waals surface area contributed by atoms with Crippen LogP contribution in [-0.2, 0) is 5.41 Å². The van der Waals surface area contributed by atoms with Crippen LogP contribution in [-0.4, -0.2) is 24.5 Å². The van der Waals surface area contributed by atoms with Gasteiger partial charge in [0.1, 0.15) is 0 Å². The lowest BCUT2D eigenvalue weighted by Gasteiger charge is -2.32. The summed E-state index contributed by atoms with van der Waals surface area (Å²) in [4.78, 5) is 5.55. The van der Waals surface area contributed by atoms with Gasteiger partial charge < -0.3 is 4.90 Å². The molecule has 0 N–H and O–H groups in total. The Balaban J connectivity index is 2.07. The summed E-state index contributed by atoms with van der Waals surface area (Å²) >= 11 is 3.79. The van der Waals surface area contributed by atoms with Crippen molar-refractivity contribution in [3.05, 3.63) is 34.0 Å². The van der Waals surface area contributed by atoms with Crippen molar-refractivity contribution in [3.8, 4) is 9.75 Å². The number of hydrogen-bond donors (Lipinski definition) is 0. The quantitative estimate of drug-likeness (QED) is 0.798. The van der Waals surface area contributed by atoms with Gasteiger partial charge in [-0.15, -0.1) is 22.7 Å². The Morgan fingerprint density at radius 3 is 1.94 bits per heavy atom. The van der Waals surface area contributed by atoms with Crippen LogP contribution in [0.2, 0.25) is 0 Å². The first kappa shape index (κ1) is 12.4. The van der Waals surface area contributed by atoms with Crippen molar-refractivity contribution in [2.24, 2.45) is 0 Å². The topological polar surface area (TPSA) is 3.24 Å². The molecule has 0 fully saturated rings. The van der Waals surface area contributed by atoms with E-state index in [0.29, 0.717) is 0 Å². The summed E-state index contributed by atoms with van der Waals surface area (Å²) in [5.41, 5.74) is 3.28. The third-order valence-corrected chi connectivity index (χ3v) is 6.15. The van der Waals surface area contributed by atoms with Crippen molar-refractivity contribution in [3.63, 3.8) is 0 Å². The molecule has 1 aliphatic carbocycles. The van der Waals surface area contributed by atoms with E-state index in [0.717, 1.165) is 19.6 Å². The molecule has 0 radical (unpaired) electrons. The van der Waals surface area contributed by atoms with E-state index in [2.05, 4.69) is 48.6 Å². The van der Waals surface area contributed by atoms with Crippen molar-refractivity contribution in [1.82, 2.24) is 4.90 Å². The van der Waals surface area contributed by atoms with E-state index >= 15 is 0 Å². The lowest BCUT2D eigenvalue weighted by molar-refractivity contribution is 0.258. The largest absolute Gasteiger partial charge is 0.303 e. The van der Waals surface area contributed by atoms with Gasteiger partial charge in [0.15, 0.2) is 0 Å². The summed E-state index contributed by atoms with van der Waals surface area (Å²) in [6.45, 7) is 10.3. The summed E-state index contributed by atoms with van der Waals surface area (Å²) in [6.07, 6.45) is 0. The van der Waals surface area contributed by atoms with Gasteiger partial charge in [0, 0.05) is 21.7 Å². The van der Waals surface area contributed by atoms with E-state index < -0.39 is 0 Å². The molecule has 2 heterocycles. The fraction of sp³-hybridized carbons (Fsp3) is 0.467. The number of nitrogens with zero attached hydrogens (tertiary/aromatic N) is 1. The Labute approximate surface area is 117 Å². The second-order valence-electron chi connectivity index (χ2n) is 5.12. The van der Waals surface area contributed by atoms with Gasteiger partial charge in [-0.25, -0.2) is 0 Å². The van der Waals surface area contributed by atoms with Crippen LogP contribution in [0.15, 0.2) is 22.9 Å². The molecule has 0 atom stereocenters. The molecule has 0 aromatic carbocycles. The van der Waals surface area contributed by atoms with Crippen molar-refractivity contribution in [1.29, 1.82) is 0 Å². The molecule has 0 unspecified atom stereocenters. The Morgan fingerprint density at radius 2 is 1.50 bits per heavy atom. The monoisotopic (exact) mass is 277 g/mol. The van der Waals surface area contributed by atoms with Crippen LogP contribution >= 0.6 is 22.7 Å². The van der Waals surface area contributed by atoms with Gasteiger partial charge >= 0.3 is 0 Å². The highest BCUT2D eigenvalue weighted by molar-refractivity contribution is 7.21. The summed E-state index contributed by atoms with van der Waals surface area (Å²) in [5.74, 6) is 0.